The molecule has 21 heavy (non-hydrogen) atoms. The minimum Gasteiger partial charge on any atom is -0.497 e. The summed E-state index contributed by atoms with van der Waals surface area (Å²) in [6.07, 6.45) is -1.20. The molecule has 1 aromatic heterocycles. The van der Waals surface area contributed by atoms with Gasteiger partial charge in [-0.05, 0) is 43.7 Å². The van der Waals surface area contributed by atoms with Crippen LogP contribution in [0.4, 0.5) is 0 Å². The number of amides is 1. The number of aliphatic hydroxyl groups is 1. The monoisotopic (exact) mass is 305 g/mol. The van der Waals surface area contributed by atoms with Gasteiger partial charge >= 0.3 is 0 Å². The fourth-order valence-corrected chi connectivity index (χ4v) is 2.89. The molecule has 0 unspecified atom stereocenters. The number of ether oxygens (including phenoxy) is 1. The molecule has 0 radical (unpaired) electrons. The van der Waals surface area contributed by atoms with Crippen LogP contribution in [0.25, 0.3) is 0 Å². The highest BCUT2D eigenvalue weighted by Gasteiger charge is 2.20. The molecule has 0 spiro atoms. The zero-order valence-electron chi connectivity index (χ0n) is 12.3. The van der Waals surface area contributed by atoms with E-state index in [2.05, 4.69) is 5.32 Å². The lowest BCUT2D eigenvalue weighted by Gasteiger charge is -2.16. The quantitative estimate of drug-likeness (QED) is 0.893. The first-order valence-electron chi connectivity index (χ1n) is 6.70. The van der Waals surface area contributed by atoms with Crippen LogP contribution < -0.4 is 10.1 Å². The van der Waals surface area contributed by atoms with Crippen LogP contribution in [0.3, 0.4) is 0 Å². The topological polar surface area (TPSA) is 58.6 Å². The van der Waals surface area contributed by atoms with E-state index in [-0.39, 0.29) is 6.04 Å². The number of carbonyl (C=O) groups is 1. The van der Waals surface area contributed by atoms with E-state index in [0.29, 0.717) is 11.3 Å². The summed E-state index contributed by atoms with van der Waals surface area (Å²) < 4.78 is 5.10. The Balaban J connectivity index is 2.05. The number of benzene rings is 1. The van der Waals surface area contributed by atoms with Crippen molar-refractivity contribution in [3.63, 3.8) is 0 Å². The third-order valence-corrected chi connectivity index (χ3v) is 4.39. The van der Waals surface area contributed by atoms with E-state index >= 15 is 0 Å². The standard InChI is InChI=1S/C16H19NO3S/c1-10-7-8-14(21-10)11(2)17-16(19)15(18)12-5-4-6-13(9-12)20-3/h4-9,11,15,18H,1-3H3,(H,17,19)/t11-,15-/m0/s1. The summed E-state index contributed by atoms with van der Waals surface area (Å²) in [7, 11) is 1.55. The lowest BCUT2D eigenvalue weighted by molar-refractivity contribution is -0.130. The Labute approximate surface area is 128 Å². The molecule has 2 aromatic rings. The Morgan fingerprint density at radius 1 is 1.33 bits per heavy atom. The van der Waals surface area contributed by atoms with E-state index in [1.165, 1.54) is 4.88 Å². The van der Waals surface area contributed by atoms with Crippen molar-refractivity contribution in [3.8, 4) is 5.75 Å². The third-order valence-electron chi connectivity index (χ3n) is 3.20. The van der Waals surface area contributed by atoms with Gasteiger partial charge in [0.15, 0.2) is 6.10 Å². The van der Waals surface area contributed by atoms with Gasteiger partial charge in [-0.15, -0.1) is 11.3 Å². The second kappa shape index (κ2) is 6.74. The number of aliphatic hydroxyl groups excluding tert-OH is 1. The molecule has 0 bridgehead atoms. The molecule has 1 heterocycles. The molecule has 2 N–H and O–H groups in total. The highest BCUT2D eigenvalue weighted by molar-refractivity contribution is 7.12. The zero-order chi connectivity index (χ0) is 15.4. The number of carbonyl (C=O) groups excluding carboxylic acids is 1. The predicted molar refractivity (Wildman–Crippen MR) is 83.6 cm³/mol. The summed E-state index contributed by atoms with van der Waals surface area (Å²) in [6.45, 7) is 3.93. The largest absolute Gasteiger partial charge is 0.497 e. The van der Waals surface area contributed by atoms with Crippen molar-refractivity contribution < 1.29 is 14.6 Å². The lowest BCUT2D eigenvalue weighted by Crippen LogP contribution is -2.31. The zero-order valence-corrected chi connectivity index (χ0v) is 13.1. The van der Waals surface area contributed by atoms with Crippen LogP contribution in [-0.2, 0) is 4.79 Å². The second-order valence-electron chi connectivity index (χ2n) is 4.86. The molecule has 112 valence electrons. The van der Waals surface area contributed by atoms with Gasteiger partial charge in [0.25, 0.3) is 5.91 Å². The minimum atomic E-state index is -1.20. The van der Waals surface area contributed by atoms with Crippen molar-refractivity contribution in [3.05, 3.63) is 51.7 Å². The van der Waals surface area contributed by atoms with E-state index in [0.717, 1.165) is 4.88 Å². The molecule has 2 atom stereocenters. The molecule has 0 fully saturated rings. The molecule has 0 saturated carbocycles. The van der Waals surface area contributed by atoms with E-state index in [1.54, 1.807) is 42.7 Å². The third kappa shape index (κ3) is 3.83. The summed E-state index contributed by atoms with van der Waals surface area (Å²) in [5, 5.41) is 13.0. The second-order valence-corrected chi connectivity index (χ2v) is 6.18. The van der Waals surface area contributed by atoms with E-state index < -0.39 is 12.0 Å². The molecule has 4 nitrogen and oxygen atoms in total. The highest BCUT2D eigenvalue weighted by atomic mass is 32.1. The maximum atomic E-state index is 12.1. The van der Waals surface area contributed by atoms with Gasteiger partial charge in [-0.25, -0.2) is 0 Å². The molecule has 5 heteroatoms. The number of nitrogens with one attached hydrogen (secondary N) is 1. The van der Waals surface area contributed by atoms with E-state index in [9.17, 15) is 9.90 Å². The number of rotatable bonds is 5. The first-order chi connectivity index (χ1) is 10.0. The molecule has 2 rings (SSSR count). The molecule has 0 saturated heterocycles. The molecule has 1 amide bonds. The maximum absolute atomic E-state index is 12.1. The van der Waals surface area contributed by atoms with Crippen molar-refractivity contribution in [1.82, 2.24) is 5.32 Å². The van der Waals surface area contributed by atoms with Crippen molar-refractivity contribution >= 4 is 17.2 Å². The van der Waals surface area contributed by atoms with Crippen LogP contribution in [-0.4, -0.2) is 18.1 Å². The Morgan fingerprint density at radius 3 is 2.71 bits per heavy atom. The fourth-order valence-electron chi connectivity index (χ4n) is 2.01. The summed E-state index contributed by atoms with van der Waals surface area (Å²) in [5.74, 6) is 0.197. The van der Waals surface area contributed by atoms with Crippen molar-refractivity contribution in [2.24, 2.45) is 0 Å². The number of hydrogen-bond acceptors (Lipinski definition) is 4. The van der Waals surface area contributed by atoms with Crippen molar-refractivity contribution in [2.45, 2.75) is 26.0 Å². The van der Waals surface area contributed by atoms with Crippen LogP contribution in [0, 0.1) is 6.92 Å². The lowest BCUT2D eigenvalue weighted by atomic mass is 10.1. The molecular formula is C16H19NO3S. The van der Waals surface area contributed by atoms with Crippen LogP contribution in [0.5, 0.6) is 5.75 Å². The number of hydrogen-bond donors (Lipinski definition) is 2. The van der Waals surface area contributed by atoms with Crippen LogP contribution >= 0.6 is 11.3 Å². The molecule has 0 aliphatic rings. The Hall–Kier alpha value is -1.85. The highest BCUT2D eigenvalue weighted by Crippen LogP contribution is 2.24. The summed E-state index contributed by atoms with van der Waals surface area (Å²) in [4.78, 5) is 14.4. The molecular weight excluding hydrogens is 286 g/mol. The van der Waals surface area contributed by atoms with E-state index in [4.69, 9.17) is 4.74 Å². The minimum absolute atomic E-state index is 0.128. The SMILES string of the molecule is COc1cccc([C@H](O)C(=O)N[C@@H](C)c2ccc(C)s2)c1. The number of thiophene rings is 1. The van der Waals surface area contributed by atoms with Crippen LogP contribution in [0.15, 0.2) is 36.4 Å². The summed E-state index contributed by atoms with van der Waals surface area (Å²) >= 11 is 1.64. The van der Waals surface area contributed by atoms with E-state index in [1.807, 2.05) is 26.0 Å². The number of methoxy groups -OCH3 is 1. The maximum Gasteiger partial charge on any atom is 0.253 e. The predicted octanol–water partition coefficient (Wildman–Crippen LogP) is 2.98. The van der Waals surface area contributed by atoms with Gasteiger partial charge in [0, 0.05) is 9.75 Å². The van der Waals surface area contributed by atoms with Crippen LogP contribution in [0.2, 0.25) is 0 Å². The normalized spacial score (nSPS) is 13.5. The van der Waals surface area contributed by atoms with Gasteiger partial charge in [0.1, 0.15) is 5.75 Å². The first-order valence-corrected chi connectivity index (χ1v) is 7.51. The van der Waals surface area contributed by atoms with Crippen LogP contribution in [0.1, 0.15) is 34.4 Å². The van der Waals surface area contributed by atoms with Gasteiger partial charge in [0.05, 0.1) is 13.2 Å². The molecule has 0 aliphatic carbocycles. The van der Waals surface area contributed by atoms with Gasteiger partial charge < -0.3 is 15.2 Å². The Bertz CT molecular complexity index is 623. The number of aryl methyl sites for hydroxylation is 1. The first kappa shape index (κ1) is 15.5. The van der Waals surface area contributed by atoms with Gasteiger partial charge in [0.2, 0.25) is 0 Å². The average Bonchev–Trinajstić information content (AvgIpc) is 2.93. The van der Waals surface area contributed by atoms with Crippen molar-refractivity contribution in [1.29, 1.82) is 0 Å². The Kier molecular flexibility index (Phi) is 4.98. The molecule has 1 aromatic carbocycles. The smallest absolute Gasteiger partial charge is 0.253 e. The fraction of sp³-hybridized carbons (Fsp3) is 0.312. The summed E-state index contributed by atoms with van der Waals surface area (Å²) in [6, 6.07) is 10.7. The van der Waals surface area contributed by atoms with Gasteiger partial charge in [-0.1, -0.05) is 12.1 Å². The van der Waals surface area contributed by atoms with Crippen molar-refractivity contribution in [2.75, 3.05) is 7.11 Å². The van der Waals surface area contributed by atoms with Gasteiger partial charge in [-0.2, -0.15) is 0 Å². The summed E-state index contributed by atoms with van der Waals surface area (Å²) in [5.41, 5.74) is 0.515. The Morgan fingerprint density at radius 2 is 2.10 bits per heavy atom. The molecule has 0 aliphatic heterocycles. The van der Waals surface area contributed by atoms with Gasteiger partial charge in [-0.3, -0.25) is 4.79 Å². The average molecular weight is 305 g/mol.